The largest absolute Gasteiger partial charge is 0.485 e. The summed E-state index contributed by atoms with van der Waals surface area (Å²) in [5.74, 6) is 2.28. The molecular weight excluding hydrogens is 402 g/mol. The second-order valence-electron chi connectivity index (χ2n) is 7.42. The average Bonchev–Trinajstić information content (AvgIpc) is 3.39. The summed E-state index contributed by atoms with van der Waals surface area (Å²) in [6.45, 7) is 4.70. The van der Waals surface area contributed by atoms with Crippen LogP contribution < -0.4 is 10.1 Å². The zero-order valence-electron chi connectivity index (χ0n) is 17.3. The molecule has 0 saturated carbocycles. The number of rotatable bonds is 6. The number of hydrogen-bond donors (Lipinski definition) is 1. The highest BCUT2D eigenvalue weighted by Crippen LogP contribution is 2.22. The fourth-order valence-corrected chi connectivity index (χ4v) is 3.42. The van der Waals surface area contributed by atoms with Crippen LogP contribution in [0.3, 0.4) is 0 Å². The fraction of sp³-hybridized carbons (Fsp3) is 0.381. The van der Waals surface area contributed by atoms with Crippen LogP contribution in [0, 0.1) is 19.8 Å². The van der Waals surface area contributed by atoms with Crippen molar-refractivity contribution in [3.05, 3.63) is 53.4 Å². The number of anilines is 1. The summed E-state index contributed by atoms with van der Waals surface area (Å²) in [6, 6.07) is 8.60. The van der Waals surface area contributed by atoms with Crippen LogP contribution in [-0.2, 0) is 11.4 Å². The molecule has 10 nitrogen and oxygen atoms in total. The van der Waals surface area contributed by atoms with Gasteiger partial charge < -0.3 is 24.0 Å². The van der Waals surface area contributed by atoms with Gasteiger partial charge in [-0.05, 0) is 44.0 Å². The molecule has 1 aliphatic rings. The van der Waals surface area contributed by atoms with Crippen molar-refractivity contribution < 1.29 is 23.4 Å². The van der Waals surface area contributed by atoms with E-state index in [2.05, 4.69) is 20.6 Å². The number of ether oxygens (including phenoxy) is 1. The lowest BCUT2D eigenvalue weighted by atomic mass is 9.95. The maximum Gasteiger partial charge on any atom is 0.253 e. The quantitative estimate of drug-likeness (QED) is 0.639. The summed E-state index contributed by atoms with van der Waals surface area (Å²) in [6.07, 6.45) is 1.19. The Morgan fingerprint density at radius 3 is 2.48 bits per heavy atom. The molecule has 4 rings (SSSR count). The third kappa shape index (κ3) is 5.08. The fourth-order valence-electron chi connectivity index (χ4n) is 3.42. The van der Waals surface area contributed by atoms with E-state index in [1.54, 1.807) is 49.1 Å². The predicted octanol–water partition coefficient (Wildman–Crippen LogP) is 2.74. The molecule has 1 aliphatic heterocycles. The molecule has 1 saturated heterocycles. The minimum absolute atomic E-state index is 0.0636. The highest BCUT2D eigenvalue weighted by molar-refractivity contribution is 5.95. The van der Waals surface area contributed by atoms with Crippen molar-refractivity contribution in [2.24, 2.45) is 5.92 Å². The van der Waals surface area contributed by atoms with Crippen molar-refractivity contribution in [2.75, 3.05) is 18.4 Å². The first-order chi connectivity index (χ1) is 15.0. The van der Waals surface area contributed by atoms with Crippen LogP contribution in [0.25, 0.3) is 0 Å². The van der Waals surface area contributed by atoms with Crippen molar-refractivity contribution in [1.82, 2.24) is 20.2 Å². The van der Waals surface area contributed by atoms with Gasteiger partial charge in [0.2, 0.25) is 17.6 Å². The molecule has 1 aromatic carbocycles. The highest BCUT2D eigenvalue weighted by Gasteiger charge is 2.28. The van der Waals surface area contributed by atoms with Crippen LogP contribution in [-0.4, -0.2) is 45.1 Å². The van der Waals surface area contributed by atoms with Gasteiger partial charge in [-0.2, -0.15) is 4.98 Å². The summed E-state index contributed by atoms with van der Waals surface area (Å²) < 4.78 is 15.5. The van der Waals surface area contributed by atoms with Gasteiger partial charge >= 0.3 is 0 Å². The third-order valence-electron chi connectivity index (χ3n) is 5.07. The Bertz CT molecular complexity index is 1050. The van der Waals surface area contributed by atoms with Crippen LogP contribution in [0.4, 0.5) is 5.82 Å². The number of likely N-dealkylation sites (tertiary alicyclic amines) is 1. The standard InChI is InChI=1S/C21H23N5O5/c1-13-11-18(24-30-13)23-20(27)15-7-9-26(10-8-15)21(28)16-3-5-17(6-4-16)29-12-19-22-14(2)31-25-19/h3-6,11,15H,7-10,12H2,1-2H3,(H,23,24,27). The van der Waals surface area contributed by atoms with Crippen molar-refractivity contribution >= 4 is 17.6 Å². The van der Waals surface area contributed by atoms with E-state index in [-0.39, 0.29) is 24.3 Å². The summed E-state index contributed by atoms with van der Waals surface area (Å²) in [4.78, 5) is 31.0. The molecule has 3 aromatic rings. The van der Waals surface area contributed by atoms with E-state index in [4.69, 9.17) is 13.8 Å². The van der Waals surface area contributed by atoms with Crippen LogP contribution in [0.5, 0.6) is 5.75 Å². The van der Waals surface area contributed by atoms with Gasteiger partial charge in [0.15, 0.2) is 12.4 Å². The van der Waals surface area contributed by atoms with Crippen LogP contribution in [0.2, 0.25) is 0 Å². The number of amides is 2. The molecule has 0 unspecified atom stereocenters. The molecule has 0 atom stereocenters. The van der Waals surface area contributed by atoms with Gasteiger partial charge in [-0.25, -0.2) is 0 Å². The lowest BCUT2D eigenvalue weighted by molar-refractivity contribution is -0.121. The van der Waals surface area contributed by atoms with Gasteiger partial charge in [0.25, 0.3) is 5.91 Å². The zero-order chi connectivity index (χ0) is 21.8. The molecule has 3 heterocycles. The summed E-state index contributed by atoms with van der Waals surface area (Å²) in [7, 11) is 0. The van der Waals surface area contributed by atoms with Gasteiger partial charge in [0.1, 0.15) is 11.5 Å². The molecule has 2 aromatic heterocycles. The first-order valence-electron chi connectivity index (χ1n) is 10.0. The number of nitrogens with zero attached hydrogens (tertiary/aromatic N) is 4. The molecule has 0 spiro atoms. The second kappa shape index (κ2) is 8.99. The maximum absolute atomic E-state index is 12.8. The Hall–Kier alpha value is -3.69. The number of benzene rings is 1. The number of aryl methyl sites for hydroxylation is 2. The SMILES string of the molecule is Cc1cc(NC(=O)C2CCN(C(=O)c3ccc(OCc4noc(C)n4)cc3)CC2)no1. The first kappa shape index (κ1) is 20.6. The number of aromatic nitrogens is 3. The average molecular weight is 425 g/mol. The maximum atomic E-state index is 12.8. The Labute approximate surface area is 178 Å². The number of carbonyl (C=O) groups excluding carboxylic acids is 2. The zero-order valence-corrected chi connectivity index (χ0v) is 17.3. The van der Waals surface area contributed by atoms with E-state index >= 15 is 0 Å². The highest BCUT2D eigenvalue weighted by atomic mass is 16.5. The van der Waals surface area contributed by atoms with Crippen molar-refractivity contribution in [1.29, 1.82) is 0 Å². The number of carbonyl (C=O) groups is 2. The van der Waals surface area contributed by atoms with E-state index in [0.29, 0.717) is 60.5 Å². The molecule has 2 amide bonds. The summed E-state index contributed by atoms with van der Waals surface area (Å²) in [5.41, 5.74) is 0.573. The van der Waals surface area contributed by atoms with E-state index in [0.717, 1.165) is 0 Å². The number of nitrogens with one attached hydrogen (secondary N) is 1. The van der Waals surface area contributed by atoms with E-state index < -0.39 is 0 Å². The molecule has 31 heavy (non-hydrogen) atoms. The molecule has 162 valence electrons. The van der Waals surface area contributed by atoms with Gasteiger partial charge in [-0.15, -0.1) is 0 Å². The predicted molar refractivity (Wildman–Crippen MR) is 108 cm³/mol. The third-order valence-corrected chi connectivity index (χ3v) is 5.07. The molecule has 0 radical (unpaired) electrons. The van der Waals surface area contributed by atoms with E-state index in [9.17, 15) is 9.59 Å². The van der Waals surface area contributed by atoms with Gasteiger partial charge in [0, 0.05) is 37.6 Å². The molecule has 1 fully saturated rings. The molecule has 10 heteroatoms. The van der Waals surface area contributed by atoms with Crippen LogP contribution in [0.1, 0.15) is 40.7 Å². The Balaban J connectivity index is 1.26. The molecular formula is C21H23N5O5. The first-order valence-corrected chi connectivity index (χ1v) is 10.0. The van der Waals surface area contributed by atoms with Gasteiger partial charge in [-0.3, -0.25) is 9.59 Å². The van der Waals surface area contributed by atoms with Crippen molar-refractivity contribution in [3.63, 3.8) is 0 Å². The minimum Gasteiger partial charge on any atom is -0.485 e. The molecule has 0 aliphatic carbocycles. The normalized spacial score (nSPS) is 14.5. The van der Waals surface area contributed by atoms with E-state index in [1.165, 1.54) is 0 Å². The Morgan fingerprint density at radius 1 is 1.13 bits per heavy atom. The minimum atomic E-state index is -0.161. The molecule has 0 bridgehead atoms. The van der Waals surface area contributed by atoms with Crippen LogP contribution in [0.15, 0.2) is 39.4 Å². The lowest BCUT2D eigenvalue weighted by Gasteiger charge is -2.31. The van der Waals surface area contributed by atoms with Crippen molar-refractivity contribution in [2.45, 2.75) is 33.3 Å². The van der Waals surface area contributed by atoms with Gasteiger partial charge in [0.05, 0.1) is 0 Å². The van der Waals surface area contributed by atoms with Crippen LogP contribution >= 0.6 is 0 Å². The number of hydrogen-bond acceptors (Lipinski definition) is 8. The Kier molecular flexibility index (Phi) is 5.96. The second-order valence-corrected chi connectivity index (χ2v) is 7.42. The van der Waals surface area contributed by atoms with Crippen molar-refractivity contribution in [3.8, 4) is 5.75 Å². The van der Waals surface area contributed by atoms with E-state index in [1.807, 2.05) is 0 Å². The van der Waals surface area contributed by atoms with Gasteiger partial charge in [-0.1, -0.05) is 10.3 Å². The summed E-state index contributed by atoms with van der Waals surface area (Å²) in [5, 5.41) is 10.3. The summed E-state index contributed by atoms with van der Waals surface area (Å²) >= 11 is 0. The smallest absolute Gasteiger partial charge is 0.253 e. The monoisotopic (exact) mass is 425 g/mol. The topological polar surface area (TPSA) is 124 Å². The lowest BCUT2D eigenvalue weighted by Crippen LogP contribution is -2.41. The molecule has 1 N–H and O–H groups in total. The Morgan fingerprint density at radius 2 is 1.87 bits per heavy atom. The number of piperidine rings is 1.